The van der Waals surface area contributed by atoms with E-state index < -0.39 is 10.0 Å². The Labute approximate surface area is 121 Å². The zero-order chi connectivity index (χ0) is 14.8. The van der Waals surface area contributed by atoms with Gasteiger partial charge in [0.1, 0.15) is 0 Å². The lowest BCUT2D eigenvalue weighted by Crippen LogP contribution is -2.44. The van der Waals surface area contributed by atoms with E-state index in [1.165, 1.54) is 10.6 Å². The first-order valence-corrected chi connectivity index (χ1v) is 9.12. The molecular weight excluding hydrogens is 278 g/mol. The molecular formula is C13H25N3O3S. The van der Waals surface area contributed by atoms with Crippen LogP contribution >= 0.6 is 0 Å². The summed E-state index contributed by atoms with van der Waals surface area (Å²) >= 11 is 0. The number of amides is 1. The molecule has 0 unspecified atom stereocenters. The molecule has 1 saturated carbocycles. The average molecular weight is 303 g/mol. The van der Waals surface area contributed by atoms with Gasteiger partial charge in [-0.1, -0.05) is 0 Å². The Morgan fingerprint density at radius 1 is 1.25 bits per heavy atom. The second kappa shape index (κ2) is 6.41. The smallest absolute Gasteiger partial charge is 0.234 e. The van der Waals surface area contributed by atoms with Gasteiger partial charge in [-0.3, -0.25) is 9.69 Å². The predicted octanol–water partition coefficient (Wildman–Crippen LogP) is -0.132. The normalized spacial score (nSPS) is 22.1. The van der Waals surface area contributed by atoms with E-state index >= 15 is 0 Å². The second-order valence-electron chi connectivity index (χ2n) is 6.10. The van der Waals surface area contributed by atoms with Gasteiger partial charge in [0.25, 0.3) is 0 Å². The molecule has 1 aliphatic heterocycles. The third-order valence-electron chi connectivity index (χ3n) is 4.10. The first kappa shape index (κ1) is 15.7. The van der Waals surface area contributed by atoms with Crippen LogP contribution in [0.4, 0.5) is 0 Å². The van der Waals surface area contributed by atoms with Gasteiger partial charge >= 0.3 is 0 Å². The molecule has 0 aromatic carbocycles. The van der Waals surface area contributed by atoms with Crippen LogP contribution in [0.25, 0.3) is 0 Å². The Morgan fingerprint density at radius 2 is 1.85 bits per heavy atom. The van der Waals surface area contributed by atoms with Gasteiger partial charge in [-0.2, -0.15) is 0 Å². The number of carbonyl (C=O) groups excluding carboxylic acids is 1. The number of sulfonamides is 1. The summed E-state index contributed by atoms with van der Waals surface area (Å²) in [4.78, 5) is 13.9. The molecule has 1 N–H and O–H groups in total. The maximum absolute atomic E-state index is 11.7. The van der Waals surface area contributed by atoms with Crippen molar-refractivity contribution in [2.45, 2.75) is 31.7 Å². The van der Waals surface area contributed by atoms with E-state index in [1.54, 1.807) is 7.05 Å². The lowest BCUT2D eigenvalue weighted by molar-refractivity contribution is -0.122. The average Bonchev–Trinajstić information content (AvgIpc) is 3.14. The van der Waals surface area contributed by atoms with Crippen LogP contribution in [0.2, 0.25) is 0 Å². The van der Waals surface area contributed by atoms with E-state index in [4.69, 9.17) is 0 Å². The molecule has 7 heteroatoms. The zero-order valence-corrected chi connectivity index (χ0v) is 13.2. The number of carbonyl (C=O) groups is 1. The molecule has 6 nitrogen and oxygen atoms in total. The van der Waals surface area contributed by atoms with Crippen LogP contribution in [0.15, 0.2) is 0 Å². The van der Waals surface area contributed by atoms with Crippen molar-refractivity contribution in [3.63, 3.8) is 0 Å². The number of nitrogens with zero attached hydrogens (tertiary/aromatic N) is 2. The molecule has 0 bridgehead atoms. The molecule has 1 saturated heterocycles. The van der Waals surface area contributed by atoms with Crippen LogP contribution < -0.4 is 5.32 Å². The second-order valence-corrected chi connectivity index (χ2v) is 8.19. The van der Waals surface area contributed by atoms with Gasteiger partial charge in [-0.25, -0.2) is 12.7 Å². The highest BCUT2D eigenvalue weighted by Gasteiger charge is 2.26. The van der Waals surface area contributed by atoms with Crippen molar-refractivity contribution in [3.8, 4) is 0 Å². The van der Waals surface area contributed by atoms with Crippen molar-refractivity contribution in [1.29, 1.82) is 0 Å². The van der Waals surface area contributed by atoms with Crippen LogP contribution in [0.5, 0.6) is 0 Å². The van der Waals surface area contributed by atoms with Crippen molar-refractivity contribution < 1.29 is 13.2 Å². The van der Waals surface area contributed by atoms with Crippen LogP contribution in [-0.2, 0) is 14.8 Å². The van der Waals surface area contributed by atoms with Gasteiger partial charge in [0.05, 0.1) is 12.8 Å². The minimum atomic E-state index is -3.09. The number of likely N-dealkylation sites (tertiary alicyclic amines) is 1. The van der Waals surface area contributed by atoms with E-state index in [2.05, 4.69) is 10.2 Å². The van der Waals surface area contributed by atoms with Gasteiger partial charge in [0, 0.05) is 19.6 Å². The SMILES string of the molecule is CN(CC1CCN(CC(=O)NC2CC2)CC1)S(C)(=O)=O. The van der Waals surface area contributed by atoms with Gasteiger partial charge in [0.2, 0.25) is 15.9 Å². The van der Waals surface area contributed by atoms with Crippen molar-refractivity contribution in [2.75, 3.05) is 39.5 Å². The van der Waals surface area contributed by atoms with Crippen molar-refractivity contribution in [2.24, 2.45) is 5.92 Å². The molecule has 2 aliphatic rings. The summed E-state index contributed by atoms with van der Waals surface area (Å²) in [6.45, 7) is 2.81. The van der Waals surface area contributed by atoms with E-state index in [0.717, 1.165) is 38.8 Å². The van der Waals surface area contributed by atoms with Gasteiger partial charge in [0.15, 0.2) is 0 Å². The fourth-order valence-electron chi connectivity index (χ4n) is 2.53. The Hall–Kier alpha value is -0.660. The third-order valence-corrected chi connectivity index (χ3v) is 5.38. The molecule has 1 aliphatic carbocycles. The highest BCUT2D eigenvalue weighted by Crippen LogP contribution is 2.20. The molecule has 116 valence electrons. The number of hydrogen-bond donors (Lipinski definition) is 1. The molecule has 0 aromatic rings. The molecule has 0 spiro atoms. The van der Waals surface area contributed by atoms with Crippen molar-refractivity contribution in [3.05, 3.63) is 0 Å². The molecule has 2 rings (SSSR count). The van der Waals surface area contributed by atoms with Gasteiger partial charge in [-0.05, 0) is 44.7 Å². The Bertz CT molecular complexity index is 440. The Morgan fingerprint density at radius 3 is 2.35 bits per heavy atom. The number of hydrogen-bond acceptors (Lipinski definition) is 4. The lowest BCUT2D eigenvalue weighted by atomic mass is 9.97. The summed E-state index contributed by atoms with van der Waals surface area (Å²) in [5.74, 6) is 0.525. The first-order valence-electron chi connectivity index (χ1n) is 7.27. The van der Waals surface area contributed by atoms with E-state index in [-0.39, 0.29) is 5.91 Å². The standard InChI is InChI=1S/C13H25N3O3S/c1-15(20(2,18)19)9-11-5-7-16(8-6-11)10-13(17)14-12-3-4-12/h11-12H,3-10H2,1-2H3,(H,14,17). The fraction of sp³-hybridized carbons (Fsp3) is 0.923. The van der Waals surface area contributed by atoms with E-state index in [1.807, 2.05) is 0 Å². The first-order chi connectivity index (χ1) is 9.34. The molecule has 2 fully saturated rings. The maximum atomic E-state index is 11.7. The highest BCUT2D eigenvalue weighted by atomic mass is 32.2. The third kappa shape index (κ3) is 5.03. The maximum Gasteiger partial charge on any atom is 0.234 e. The van der Waals surface area contributed by atoms with Crippen LogP contribution in [0.3, 0.4) is 0 Å². The lowest BCUT2D eigenvalue weighted by Gasteiger charge is -2.32. The largest absolute Gasteiger partial charge is 0.352 e. The predicted molar refractivity (Wildman–Crippen MR) is 77.8 cm³/mol. The van der Waals surface area contributed by atoms with E-state index in [0.29, 0.717) is 25.0 Å². The molecule has 1 heterocycles. The summed E-state index contributed by atoms with van der Waals surface area (Å²) in [7, 11) is -1.46. The summed E-state index contributed by atoms with van der Waals surface area (Å²) in [5.41, 5.74) is 0. The quantitative estimate of drug-likeness (QED) is 0.742. The number of piperidine rings is 1. The van der Waals surface area contributed by atoms with Crippen LogP contribution in [0.1, 0.15) is 25.7 Å². The summed E-state index contributed by atoms with van der Waals surface area (Å²) in [5, 5.41) is 3.00. The number of rotatable bonds is 6. The van der Waals surface area contributed by atoms with Crippen LogP contribution in [0, 0.1) is 5.92 Å². The van der Waals surface area contributed by atoms with Gasteiger partial charge < -0.3 is 5.32 Å². The molecule has 0 aromatic heterocycles. The topological polar surface area (TPSA) is 69.7 Å². The monoisotopic (exact) mass is 303 g/mol. The molecule has 0 radical (unpaired) electrons. The molecule has 0 atom stereocenters. The van der Waals surface area contributed by atoms with Crippen molar-refractivity contribution >= 4 is 15.9 Å². The number of nitrogens with one attached hydrogen (secondary N) is 1. The van der Waals surface area contributed by atoms with Gasteiger partial charge in [-0.15, -0.1) is 0 Å². The zero-order valence-electron chi connectivity index (χ0n) is 12.3. The highest BCUT2D eigenvalue weighted by molar-refractivity contribution is 7.88. The fourth-order valence-corrected chi connectivity index (χ4v) is 3.01. The minimum absolute atomic E-state index is 0.124. The summed E-state index contributed by atoms with van der Waals surface area (Å²) in [6, 6.07) is 0.420. The molecule has 1 amide bonds. The minimum Gasteiger partial charge on any atom is -0.352 e. The Balaban J connectivity index is 1.68. The van der Waals surface area contributed by atoms with Crippen LogP contribution in [-0.4, -0.2) is 69.1 Å². The molecule has 20 heavy (non-hydrogen) atoms. The van der Waals surface area contributed by atoms with E-state index in [9.17, 15) is 13.2 Å². The summed E-state index contributed by atoms with van der Waals surface area (Å²) in [6.07, 6.45) is 5.38. The van der Waals surface area contributed by atoms with Crippen molar-refractivity contribution in [1.82, 2.24) is 14.5 Å². The summed E-state index contributed by atoms with van der Waals surface area (Å²) < 4.78 is 24.2. The Kier molecular flexibility index (Phi) is 5.04.